The maximum absolute atomic E-state index is 13.2. The molecule has 0 spiro atoms. The Balaban J connectivity index is 1.70. The summed E-state index contributed by atoms with van der Waals surface area (Å²) in [4.78, 5) is 0. The molecular formula is C22H19Cl3FNO2. The minimum Gasteiger partial charge on any atom is -0.490 e. The topological polar surface area (TPSA) is 30.5 Å². The highest BCUT2D eigenvalue weighted by Gasteiger charge is 2.09. The Hall–Kier alpha value is -2.14. The molecule has 3 rings (SSSR count). The van der Waals surface area contributed by atoms with Gasteiger partial charge in [-0.25, -0.2) is 4.39 Å². The van der Waals surface area contributed by atoms with E-state index in [0.717, 1.165) is 11.3 Å². The molecule has 0 atom stereocenters. The summed E-state index contributed by atoms with van der Waals surface area (Å²) in [5.74, 6) is 0.822. The van der Waals surface area contributed by atoms with Crippen LogP contribution in [-0.4, -0.2) is 6.61 Å². The minimum atomic E-state index is -0.383. The number of anilines is 1. The molecule has 3 nitrogen and oxygen atoms in total. The van der Waals surface area contributed by atoms with Crippen LogP contribution in [0.5, 0.6) is 11.5 Å². The molecular weight excluding hydrogens is 436 g/mol. The van der Waals surface area contributed by atoms with Crippen LogP contribution in [0, 0.1) is 5.82 Å². The molecule has 29 heavy (non-hydrogen) atoms. The monoisotopic (exact) mass is 453 g/mol. The lowest BCUT2D eigenvalue weighted by Gasteiger charge is -2.15. The standard InChI is InChI=1S/C22H19Cl3FNO2/c1-2-28-22-7-14(12-27-19-9-16(23)8-17(24)10-19)3-6-21(22)29-13-15-4-5-18(26)11-20(15)25/h3-11,27H,2,12-13H2,1H3. The van der Waals surface area contributed by atoms with Crippen LogP contribution >= 0.6 is 34.8 Å². The number of halogens is 4. The van der Waals surface area contributed by atoms with Gasteiger partial charge in [0.25, 0.3) is 0 Å². The van der Waals surface area contributed by atoms with Crippen molar-refractivity contribution < 1.29 is 13.9 Å². The van der Waals surface area contributed by atoms with Gasteiger partial charge in [0, 0.05) is 27.8 Å². The van der Waals surface area contributed by atoms with E-state index in [1.165, 1.54) is 12.1 Å². The average Bonchev–Trinajstić information content (AvgIpc) is 2.66. The van der Waals surface area contributed by atoms with Crippen molar-refractivity contribution >= 4 is 40.5 Å². The van der Waals surface area contributed by atoms with E-state index in [-0.39, 0.29) is 12.4 Å². The van der Waals surface area contributed by atoms with Crippen molar-refractivity contribution in [1.29, 1.82) is 0 Å². The molecule has 0 unspecified atom stereocenters. The van der Waals surface area contributed by atoms with Gasteiger partial charge >= 0.3 is 0 Å². The second-order valence-electron chi connectivity index (χ2n) is 6.25. The van der Waals surface area contributed by atoms with E-state index in [2.05, 4.69) is 5.32 Å². The van der Waals surface area contributed by atoms with Crippen molar-refractivity contribution in [2.75, 3.05) is 11.9 Å². The zero-order valence-corrected chi connectivity index (χ0v) is 17.9. The maximum atomic E-state index is 13.2. The fourth-order valence-electron chi connectivity index (χ4n) is 2.70. The van der Waals surface area contributed by atoms with Crippen molar-refractivity contribution in [1.82, 2.24) is 0 Å². The normalized spacial score (nSPS) is 10.7. The lowest BCUT2D eigenvalue weighted by atomic mass is 10.2. The zero-order chi connectivity index (χ0) is 20.8. The van der Waals surface area contributed by atoms with Crippen LogP contribution in [0.1, 0.15) is 18.1 Å². The van der Waals surface area contributed by atoms with Gasteiger partial charge in [0.2, 0.25) is 0 Å². The Morgan fingerprint density at radius 2 is 1.62 bits per heavy atom. The van der Waals surface area contributed by atoms with Crippen LogP contribution in [0.2, 0.25) is 15.1 Å². The highest BCUT2D eigenvalue weighted by atomic mass is 35.5. The van der Waals surface area contributed by atoms with E-state index in [1.807, 2.05) is 25.1 Å². The Bertz CT molecular complexity index is 978. The predicted molar refractivity (Wildman–Crippen MR) is 117 cm³/mol. The Morgan fingerprint density at radius 3 is 2.31 bits per heavy atom. The fraction of sp³-hybridized carbons (Fsp3) is 0.182. The van der Waals surface area contributed by atoms with Crippen molar-refractivity contribution in [3.05, 3.63) is 86.6 Å². The van der Waals surface area contributed by atoms with Gasteiger partial charge in [-0.1, -0.05) is 46.9 Å². The molecule has 0 aliphatic carbocycles. The van der Waals surface area contributed by atoms with E-state index in [4.69, 9.17) is 44.3 Å². The van der Waals surface area contributed by atoms with Crippen LogP contribution in [0.25, 0.3) is 0 Å². The van der Waals surface area contributed by atoms with Crippen molar-refractivity contribution in [3.8, 4) is 11.5 Å². The minimum absolute atomic E-state index is 0.206. The van der Waals surface area contributed by atoms with Crippen LogP contribution in [-0.2, 0) is 13.2 Å². The van der Waals surface area contributed by atoms with Gasteiger partial charge in [-0.15, -0.1) is 0 Å². The van der Waals surface area contributed by atoms with Gasteiger partial charge < -0.3 is 14.8 Å². The van der Waals surface area contributed by atoms with Crippen LogP contribution < -0.4 is 14.8 Å². The molecule has 0 saturated carbocycles. The summed E-state index contributed by atoms with van der Waals surface area (Å²) in [6, 6.07) is 15.2. The summed E-state index contributed by atoms with van der Waals surface area (Å²) in [6.07, 6.45) is 0. The molecule has 0 bridgehead atoms. The fourth-order valence-corrected chi connectivity index (χ4v) is 3.45. The van der Waals surface area contributed by atoms with E-state index < -0.39 is 0 Å². The second kappa shape index (κ2) is 10.1. The molecule has 0 radical (unpaired) electrons. The summed E-state index contributed by atoms with van der Waals surface area (Å²) in [7, 11) is 0. The van der Waals surface area contributed by atoms with E-state index in [0.29, 0.717) is 45.3 Å². The summed E-state index contributed by atoms with van der Waals surface area (Å²) in [6.45, 7) is 3.16. The van der Waals surface area contributed by atoms with E-state index in [1.54, 1.807) is 24.3 Å². The van der Waals surface area contributed by atoms with Gasteiger partial charge in [0.1, 0.15) is 12.4 Å². The average molecular weight is 455 g/mol. The van der Waals surface area contributed by atoms with Crippen molar-refractivity contribution in [3.63, 3.8) is 0 Å². The molecule has 0 fully saturated rings. The highest BCUT2D eigenvalue weighted by molar-refractivity contribution is 6.35. The first-order valence-electron chi connectivity index (χ1n) is 8.97. The number of rotatable bonds is 8. The molecule has 0 saturated heterocycles. The molecule has 3 aromatic carbocycles. The van der Waals surface area contributed by atoms with Gasteiger partial charge in [-0.2, -0.15) is 0 Å². The Kier molecular flexibility index (Phi) is 7.48. The molecule has 0 amide bonds. The first-order chi connectivity index (χ1) is 13.9. The van der Waals surface area contributed by atoms with E-state index >= 15 is 0 Å². The number of ether oxygens (including phenoxy) is 2. The van der Waals surface area contributed by atoms with Gasteiger partial charge in [-0.05, 0) is 55.0 Å². The van der Waals surface area contributed by atoms with Gasteiger partial charge in [0.15, 0.2) is 11.5 Å². The van der Waals surface area contributed by atoms with Crippen LogP contribution in [0.3, 0.4) is 0 Å². The number of hydrogen-bond acceptors (Lipinski definition) is 3. The summed E-state index contributed by atoms with van der Waals surface area (Å²) >= 11 is 18.1. The molecule has 152 valence electrons. The predicted octanol–water partition coefficient (Wildman–Crippen LogP) is 7.38. The Morgan fingerprint density at radius 1 is 0.862 bits per heavy atom. The van der Waals surface area contributed by atoms with E-state index in [9.17, 15) is 4.39 Å². The number of hydrogen-bond donors (Lipinski definition) is 1. The lowest BCUT2D eigenvalue weighted by Crippen LogP contribution is -2.03. The molecule has 0 aliphatic heterocycles. The first-order valence-corrected chi connectivity index (χ1v) is 10.1. The van der Waals surface area contributed by atoms with Crippen LogP contribution in [0.4, 0.5) is 10.1 Å². The first kappa shape index (κ1) is 21.6. The molecule has 0 heterocycles. The van der Waals surface area contributed by atoms with Gasteiger partial charge in [0.05, 0.1) is 11.6 Å². The SMILES string of the molecule is CCOc1cc(CNc2cc(Cl)cc(Cl)c2)ccc1OCc1ccc(F)cc1Cl. The third kappa shape index (κ3) is 6.17. The summed E-state index contributed by atoms with van der Waals surface area (Å²) in [5, 5.41) is 4.74. The summed E-state index contributed by atoms with van der Waals surface area (Å²) in [5.41, 5.74) is 2.52. The summed E-state index contributed by atoms with van der Waals surface area (Å²) < 4.78 is 24.8. The third-order valence-corrected chi connectivity index (χ3v) is 4.85. The van der Waals surface area contributed by atoms with Crippen molar-refractivity contribution in [2.45, 2.75) is 20.1 Å². The molecule has 3 aromatic rings. The quantitative estimate of drug-likeness (QED) is 0.385. The molecule has 0 aromatic heterocycles. The zero-order valence-electron chi connectivity index (χ0n) is 15.6. The second-order valence-corrected chi connectivity index (χ2v) is 7.53. The molecule has 1 N–H and O–H groups in total. The third-order valence-electron chi connectivity index (χ3n) is 4.07. The van der Waals surface area contributed by atoms with Crippen molar-refractivity contribution in [2.24, 2.45) is 0 Å². The lowest BCUT2D eigenvalue weighted by molar-refractivity contribution is 0.269. The maximum Gasteiger partial charge on any atom is 0.161 e. The number of nitrogens with one attached hydrogen (secondary N) is 1. The smallest absolute Gasteiger partial charge is 0.161 e. The molecule has 0 aliphatic rings. The van der Waals surface area contributed by atoms with Gasteiger partial charge in [-0.3, -0.25) is 0 Å². The largest absolute Gasteiger partial charge is 0.490 e. The molecule has 7 heteroatoms. The van der Waals surface area contributed by atoms with Crippen LogP contribution in [0.15, 0.2) is 54.6 Å². The Labute approximate surface area is 184 Å². The number of benzene rings is 3. The highest BCUT2D eigenvalue weighted by Crippen LogP contribution is 2.31.